The van der Waals surface area contributed by atoms with E-state index in [-0.39, 0.29) is 32.2 Å². The molecule has 11 heteroatoms. The zero-order valence-electron chi connectivity index (χ0n) is 25.1. The van der Waals surface area contributed by atoms with Crippen molar-refractivity contribution < 1.29 is 24.3 Å². The number of amides is 2. The summed E-state index contributed by atoms with van der Waals surface area (Å²) >= 11 is 0. The third kappa shape index (κ3) is 12.4. The van der Waals surface area contributed by atoms with E-state index in [9.17, 15) is 24.3 Å². The van der Waals surface area contributed by atoms with E-state index in [0.717, 1.165) is 25.7 Å². The molecule has 0 aliphatic heterocycles. The Balaban J connectivity index is 2.82. The fourth-order valence-electron chi connectivity index (χ4n) is 5.23. The molecule has 0 aliphatic rings. The van der Waals surface area contributed by atoms with Gasteiger partial charge in [0.2, 0.25) is 17.4 Å². The number of aromatic nitrogens is 2. The smallest absolute Gasteiger partial charge is 0.337 e. The van der Waals surface area contributed by atoms with Crippen LogP contribution in [0.2, 0.25) is 0 Å². The summed E-state index contributed by atoms with van der Waals surface area (Å²) in [4.78, 5) is 60.3. The summed E-state index contributed by atoms with van der Waals surface area (Å²) in [5.74, 6) is -4.16. The lowest BCUT2D eigenvalue weighted by atomic mass is 9.82. The van der Waals surface area contributed by atoms with E-state index in [1.807, 2.05) is 0 Å². The number of aromatic amines is 1. The number of imide groups is 1. The SMILES string of the molecule is CCCCCCCCCCCCCCCC(=O)C(CCCCN)(C(=O)O)N(C(=O)CN)C(=O)C(N)Cc1c[nH]cn1. The molecule has 11 nitrogen and oxygen atoms in total. The van der Waals surface area contributed by atoms with Crippen LogP contribution in [0.1, 0.15) is 122 Å². The van der Waals surface area contributed by atoms with Crippen LogP contribution < -0.4 is 17.2 Å². The molecule has 2 atom stereocenters. The Morgan fingerprint density at radius 1 is 0.902 bits per heavy atom. The number of hydrogen-bond acceptors (Lipinski definition) is 8. The van der Waals surface area contributed by atoms with Crippen LogP contribution in [-0.2, 0) is 25.6 Å². The monoisotopic (exact) mass is 578 g/mol. The number of ketones is 1. The average Bonchev–Trinajstić information content (AvgIpc) is 3.47. The number of carboxylic acids is 1. The fraction of sp³-hybridized carbons (Fsp3) is 0.767. The van der Waals surface area contributed by atoms with E-state index < -0.39 is 41.7 Å². The van der Waals surface area contributed by atoms with E-state index in [1.54, 1.807) is 6.20 Å². The molecule has 0 aromatic carbocycles. The Morgan fingerprint density at radius 3 is 1.93 bits per heavy atom. The van der Waals surface area contributed by atoms with Crippen LogP contribution in [0.15, 0.2) is 12.5 Å². The van der Waals surface area contributed by atoms with Crippen LogP contribution in [0.5, 0.6) is 0 Å². The van der Waals surface area contributed by atoms with Gasteiger partial charge in [0.1, 0.15) is 0 Å². The van der Waals surface area contributed by atoms with Gasteiger partial charge in [0.05, 0.1) is 24.6 Å². The molecule has 234 valence electrons. The van der Waals surface area contributed by atoms with Crippen molar-refractivity contribution in [2.75, 3.05) is 13.1 Å². The van der Waals surface area contributed by atoms with E-state index in [2.05, 4.69) is 16.9 Å². The lowest BCUT2D eigenvalue weighted by molar-refractivity contribution is -0.171. The molecule has 0 fully saturated rings. The summed E-state index contributed by atoms with van der Waals surface area (Å²) in [6.45, 7) is 1.86. The molecular formula is C30H54N6O5. The lowest BCUT2D eigenvalue weighted by Crippen LogP contribution is -2.67. The highest BCUT2D eigenvalue weighted by atomic mass is 16.4. The number of nitrogens with zero attached hydrogens (tertiary/aromatic N) is 2. The van der Waals surface area contributed by atoms with Gasteiger partial charge in [0.15, 0.2) is 5.78 Å². The molecule has 1 rings (SSSR count). The second kappa shape index (κ2) is 21.1. The van der Waals surface area contributed by atoms with Crippen LogP contribution in [0.4, 0.5) is 0 Å². The summed E-state index contributed by atoms with van der Waals surface area (Å²) in [7, 11) is 0. The van der Waals surface area contributed by atoms with Gasteiger partial charge in [-0.25, -0.2) is 9.78 Å². The van der Waals surface area contributed by atoms with E-state index in [1.165, 1.54) is 57.7 Å². The summed E-state index contributed by atoms with van der Waals surface area (Å²) in [5.41, 5.74) is 15.4. The Hall–Kier alpha value is -2.63. The van der Waals surface area contributed by atoms with Gasteiger partial charge in [-0.05, 0) is 32.2 Å². The molecule has 0 bridgehead atoms. The van der Waals surface area contributed by atoms with Gasteiger partial charge in [-0.1, -0.05) is 84.0 Å². The van der Waals surface area contributed by atoms with Crippen LogP contribution in [0.25, 0.3) is 0 Å². The molecular weight excluding hydrogens is 524 g/mol. The van der Waals surface area contributed by atoms with Crippen molar-refractivity contribution in [3.8, 4) is 0 Å². The first-order valence-electron chi connectivity index (χ1n) is 15.5. The van der Waals surface area contributed by atoms with Gasteiger partial charge in [-0.15, -0.1) is 0 Å². The molecule has 0 spiro atoms. The molecule has 1 aromatic heterocycles. The molecule has 0 aliphatic carbocycles. The quantitative estimate of drug-likeness (QED) is 0.0849. The molecule has 2 amide bonds. The largest absolute Gasteiger partial charge is 0.479 e. The zero-order valence-corrected chi connectivity index (χ0v) is 25.1. The number of rotatable bonds is 25. The first kappa shape index (κ1) is 36.4. The van der Waals surface area contributed by atoms with Crippen molar-refractivity contribution in [1.29, 1.82) is 0 Å². The van der Waals surface area contributed by atoms with Crippen molar-refractivity contribution in [2.45, 2.75) is 134 Å². The highest BCUT2D eigenvalue weighted by molar-refractivity contribution is 6.15. The number of H-pyrrole nitrogens is 1. The second-order valence-corrected chi connectivity index (χ2v) is 11.0. The van der Waals surface area contributed by atoms with Crippen molar-refractivity contribution in [3.63, 3.8) is 0 Å². The van der Waals surface area contributed by atoms with Gasteiger partial charge >= 0.3 is 5.97 Å². The Bertz CT molecular complexity index is 894. The molecule has 8 N–H and O–H groups in total. The Labute approximate surface area is 245 Å². The number of aliphatic carboxylic acids is 1. The highest BCUT2D eigenvalue weighted by Gasteiger charge is 2.55. The topological polar surface area (TPSA) is 198 Å². The van der Waals surface area contributed by atoms with Gasteiger partial charge in [0.25, 0.3) is 0 Å². The van der Waals surface area contributed by atoms with Crippen molar-refractivity contribution in [2.24, 2.45) is 17.2 Å². The van der Waals surface area contributed by atoms with Crippen molar-refractivity contribution in [1.82, 2.24) is 14.9 Å². The van der Waals surface area contributed by atoms with E-state index in [4.69, 9.17) is 17.2 Å². The molecule has 41 heavy (non-hydrogen) atoms. The minimum atomic E-state index is -2.39. The third-order valence-electron chi connectivity index (χ3n) is 7.64. The summed E-state index contributed by atoms with van der Waals surface area (Å²) < 4.78 is 0. The second-order valence-electron chi connectivity index (χ2n) is 11.0. The van der Waals surface area contributed by atoms with Gasteiger partial charge in [0, 0.05) is 19.0 Å². The Morgan fingerprint density at radius 2 is 1.46 bits per heavy atom. The number of hydrogen-bond donors (Lipinski definition) is 5. The number of imidazole rings is 1. The number of nitrogens with one attached hydrogen (secondary N) is 1. The predicted molar refractivity (Wildman–Crippen MR) is 160 cm³/mol. The maximum atomic E-state index is 13.7. The molecule has 0 saturated carbocycles. The standard InChI is InChI=1S/C30H54N6O5/c1-2-3-4-5-6-7-8-9-10-11-12-13-14-17-26(37)30(29(40)41,18-15-16-19-31)36(27(38)21-32)28(39)25(33)20-24-22-34-23-35-24/h22-23,25H,2-21,31-33H2,1H3,(H,34,35)(H,40,41). The minimum absolute atomic E-state index is 0.0395. The number of carboxylic acid groups (broad SMARTS) is 1. The van der Waals surface area contributed by atoms with E-state index in [0.29, 0.717) is 23.4 Å². The minimum Gasteiger partial charge on any atom is -0.479 e. The van der Waals surface area contributed by atoms with Crippen molar-refractivity contribution >= 4 is 23.6 Å². The Kier molecular flexibility index (Phi) is 18.8. The summed E-state index contributed by atoms with van der Waals surface area (Å²) in [6, 6.07) is -1.29. The number of nitrogens with two attached hydrogens (primary N) is 3. The molecule has 2 unspecified atom stereocenters. The van der Waals surface area contributed by atoms with Crippen LogP contribution in [-0.4, -0.2) is 68.2 Å². The fourth-order valence-corrected chi connectivity index (χ4v) is 5.23. The van der Waals surface area contributed by atoms with Crippen molar-refractivity contribution in [3.05, 3.63) is 18.2 Å². The van der Waals surface area contributed by atoms with Gasteiger partial charge in [-0.3, -0.25) is 19.3 Å². The van der Waals surface area contributed by atoms with Gasteiger partial charge in [-0.2, -0.15) is 0 Å². The number of carbonyl (C=O) groups is 4. The molecule has 1 heterocycles. The average molecular weight is 579 g/mol. The van der Waals surface area contributed by atoms with Gasteiger partial charge < -0.3 is 27.3 Å². The van der Waals surface area contributed by atoms with Crippen LogP contribution in [0, 0.1) is 0 Å². The highest BCUT2D eigenvalue weighted by Crippen LogP contribution is 2.29. The number of Topliss-reactive ketones (excluding diaryl/α,β-unsaturated/α-hetero) is 1. The normalized spacial score (nSPS) is 13.5. The predicted octanol–water partition coefficient (Wildman–Crippen LogP) is 3.60. The summed E-state index contributed by atoms with van der Waals surface area (Å²) in [6.07, 6.45) is 17.9. The summed E-state index contributed by atoms with van der Waals surface area (Å²) in [5, 5.41) is 10.4. The maximum Gasteiger partial charge on any atom is 0.337 e. The first-order chi connectivity index (χ1) is 19.8. The van der Waals surface area contributed by atoms with Crippen LogP contribution >= 0.6 is 0 Å². The number of carbonyl (C=O) groups excluding carboxylic acids is 3. The molecule has 0 radical (unpaired) electrons. The maximum absolute atomic E-state index is 13.7. The molecule has 1 aromatic rings. The molecule has 0 saturated heterocycles. The third-order valence-corrected chi connectivity index (χ3v) is 7.64. The first-order valence-corrected chi connectivity index (χ1v) is 15.5. The lowest BCUT2D eigenvalue weighted by Gasteiger charge is -2.39. The zero-order chi connectivity index (χ0) is 30.5. The van der Waals surface area contributed by atoms with Crippen LogP contribution in [0.3, 0.4) is 0 Å². The van der Waals surface area contributed by atoms with E-state index >= 15 is 0 Å². The number of unbranched alkanes of at least 4 members (excludes halogenated alkanes) is 13.